The second kappa shape index (κ2) is 7.11. The van der Waals surface area contributed by atoms with Gasteiger partial charge in [-0.2, -0.15) is 18.3 Å². The van der Waals surface area contributed by atoms with Gasteiger partial charge in [-0.05, 0) is 30.2 Å². The van der Waals surface area contributed by atoms with Gasteiger partial charge in [0.2, 0.25) is 0 Å². The van der Waals surface area contributed by atoms with E-state index in [-0.39, 0.29) is 6.54 Å². The lowest BCUT2D eigenvalue weighted by atomic mass is 10.2. The summed E-state index contributed by atoms with van der Waals surface area (Å²) in [5.41, 5.74) is 1.98. The Morgan fingerprint density at radius 2 is 2.00 bits per heavy atom. The smallest absolute Gasteiger partial charge is 0.332 e. The Bertz CT molecular complexity index is 816. The molecule has 0 aromatic carbocycles. The fourth-order valence-electron chi connectivity index (χ4n) is 2.39. The van der Waals surface area contributed by atoms with E-state index in [1.165, 1.54) is 11.1 Å². The Morgan fingerprint density at radius 3 is 2.62 bits per heavy atom. The van der Waals surface area contributed by atoms with Gasteiger partial charge >= 0.3 is 12.2 Å². The first kappa shape index (κ1) is 17.8. The quantitative estimate of drug-likeness (QED) is 0.911. The number of rotatable bonds is 3. The molecule has 0 fully saturated rings. The minimum Gasteiger partial charge on any atom is -0.332 e. The molecule has 136 valence electrons. The van der Waals surface area contributed by atoms with Crippen LogP contribution in [-0.2, 0) is 12.7 Å². The van der Waals surface area contributed by atoms with Crippen molar-refractivity contribution >= 4 is 11.7 Å². The van der Waals surface area contributed by atoms with E-state index in [1.807, 2.05) is 19.1 Å². The number of carbonyl (C=O) groups is 1. The number of alkyl halides is 3. The van der Waals surface area contributed by atoms with Crippen molar-refractivity contribution in [1.29, 1.82) is 0 Å². The van der Waals surface area contributed by atoms with Gasteiger partial charge in [0, 0.05) is 25.4 Å². The first-order chi connectivity index (χ1) is 12.3. The maximum Gasteiger partial charge on any atom is 0.433 e. The summed E-state index contributed by atoms with van der Waals surface area (Å²) in [5, 5.41) is 8.16. The van der Waals surface area contributed by atoms with E-state index >= 15 is 0 Å². The van der Waals surface area contributed by atoms with Gasteiger partial charge in [-0.25, -0.2) is 9.80 Å². The van der Waals surface area contributed by atoms with Crippen molar-refractivity contribution in [2.45, 2.75) is 26.1 Å². The number of aromatic nitrogens is 2. The molecule has 0 saturated heterocycles. The average Bonchev–Trinajstić information content (AvgIpc) is 3.10. The largest absolute Gasteiger partial charge is 0.433 e. The Labute approximate surface area is 147 Å². The number of urea groups is 1. The second-order valence-corrected chi connectivity index (χ2v) is 5.85. The lowest BCUT2D eigenvalue weighted by Crippen LogP contribution is -2.34. The average molecular weight is 363 g/mol. The predicted molar refractivity (Wildman–Crippen MR) is 88.3 cm³/mol. The van der Waals surface area contributed by atoms with E-state index in [9.17, 15) is 18.0 Å². The summed E-state index contributed by atoms with van der Waals surface area (Å²) < 4.78 is 37.4. The summed E-state index contributed by atoms with van der Waals surface area (Å²) in [5.74, 6) is 0. The van der Waals surface area contributed by atoms with E-state index in [0.717, 1.165) is 29.2 Å². The highest BCUT2D eigenvalue weighted by Crippen LogP contribution is 2.27. The molecule has 0 unspecified atom stereocenters. The summed E-state index contributed by atoms with van der Waals surface area (Å²) in [6.45, 7) is 2.42. The third kappa shape index (κ3) is 4.16. The minimum absolute atomic E-state index is 0.0636. The standard InChI is InChI=1S/C17H16F3N5O/c1-11-2-4-13(21-8-11)14-6-7-25(24-14)16(26)23-10-12-3-5-15(22-9-12)17(18,19)20/h2-5,8-9H,6-7,10H2,1H3,(H,23,26). The van der Waals surface area contributed by atoms with Crippen molar-refractivity contribution in [3.63, 3.8) is 0 Å². The maximum atomic E-state index is 12.5. The Morgan fingerprint density at radius 1 is 1.19 bits per heavy atom. The highest BCUT2D eigenvalue weighted by molar-refractivity contribution is 6.01. The van der Waals surface area contributed by atoms with Gasteiger partial charge in [-0.3, -0.25) is 9.97 Å². The number of hydrogen-bond acceptors (Lipinski definition) is 4. The number of hydrazone groups is 1. The van der Waals surface area contributed by atoms with Crippen molar-refractivity contribution in [3.8, 4) is 0 Å². The molecular formula is C17H16F3N5O. The molecule has 0 atom stereocenters. The molecule has 26 heavy (non-hydrogen) atoms. The van der Waals surface area contributed by atoms with Crippen LogP contribution in [-0.4, -0.2) is 33.3 Å². The molecular weight excluding hydrogens is 347 g/mol. The maximum absolute atomic E-state index is 12.5. The second-order valence-electron chi connectivity index (χ2n) is 5.85. The third-order valence-electron chi connectivity index (χ3n) is 3.80. The predicted octanol–water partition coefficient (Wildman–Crippen LogP) is 3.12. The molecule has 3 heterocycles. The molecule has 0 spiro atoms. The van der Waals surface area contributed by atoms with Gasteiger partial charge in [0.05, 0.1) is 18.0 Å². The molecule has 0 bridgehead atoms. The molecule has 9 heteroatoms. The molecule has 3 rings (SSSR count). The zero-order chi connectivity index (χ0) is 18.7. The molecule has 2 amide bonds. The monoisotopic (exact) mass is 363 g/mol. The molecule has 6 nitrogen and oxygen atoms in total. The Balaban J connectivity index is 1.58. The molecule has 2 aromatic rings. The van der Waals surface area contributed by atoms with E-state index in [0.29, 0.717) is 18.5 Å². The number of pyridine rings is 2. The summed E-state index contributed by atoms with van der Waals surface area (Å²) in [6.07, 6.45) is -1.06. The lowest BCUT2D eigenvalue weighted by Gasteiger charge is -2.13. The number of amides is 2. The molecule has 2 aromatic heterocycles. The molecule has 1 aliphatic rings. The first-order valence-corrected chi connectivity index (χ1v) is 7.91. The van der Waals surface area contributed by atoms with Crippen molar-refractivity contribution in [3.05, 3.63) is 59.2 Å². The van der Waals surface area contributed by atoms with Crippen LogP contribution in [0.3, 0.4) is 0 Å². The third-order valence-corrected chi connectivity index (χ3v) is 3.80. The molecule has 0 radical (unpaired) electrons. The summed E-state index contributed by atoms with van der Waals surface area (Å²) in [6, 6.07) is 5.52. The number of aryl methyl sites for hydroxylation is 1. The van der Waals surface area contributed by atoms with Gasteiger partial charge in [0.1, 0.15) is 5.69 Å². The zero-order valence-corrected chi connectivity index (χ0v) is 13.9. The number of hydrogen-bond donors (Lipinski definition) is 1. The first-order valence-electron chi connectivity index (χ1n) is 7.91. The number of nitrogens with zero attached hydrogens (tertiary/aromatic N) is 4. The van der Waals surface area contributed by atoms with Gasteiger partial charge in [0.25, 0.3) is 0 Å². The van der Waals surface area contributed by atoms with Crippen molar-refractivity contribution < 1.29 is 18.0 Å². The molecule has 1 aliphatic heterocycles. The normalized spacial score (nSPS) is 14.3. The Hall–Kier alpha value is -2.97. The van der Waals surface area contributed by atoms with Crippen molar-refractivity contribution in [2.24, 2.45) is 5.10 Å². The van der Waals surface area contributed by atoms with E-state index in [1.54, 1.807) is 6.20 Å². The topological polar surface area (TPSA) is 70.5 Å². The number of nitrogens with one attached hydrogen (secondary N) is 1. The van der Waals surface area contributed by atoms with Crippen LogP contribution in [0, 0.1) is 6.92 Å². The van der Waals surface area contributed by atoms with Gasteiger partial charge in [0.15, 0.2) is 0 Å². The van der Waals surface area contributed by atoms with Gasteiger partial charge in [-0.15, -0.1) is 0 Å². The summed E-state index contributed by atoms with van der Waals surface area (Å²) in [4.78, 5) is 19.8. The van der Waals surface area contributed by atoms with Crippen LogP contribution in [0.5, 0.6) is 0 Å². The highest BCUT2D eigenvalue weighted by atomic mass is 19.4. The van der Waals surface area contributed by atoms with Crippen LogP contribution in [0.15, 0.2) is 41.8 Å². The zero-order valence-electron chi connectivity index (χ0n) is 13.9. The van der Waals surface area contributed by atoms with Crippen LogP contribution in [0.2, 0.25) is 0 Å². The van der Waals surface area contributed by atoms with Crippen LogP contribution in [0.4, 0.5) is 18.0 Å². The van der Waals surface area contributed by atoms with Gasteiger partial charge < -0.3 is 5.32 Å². The summed E-state index contributed by atoms with van der Waals surface area (Å²) >= 11 is 0. The van der Waals surface area contributed by atoms with Crippen LogP contribution >= 0.6 is 0 Å². The van der Waals surface area contributed by atoms with Crippen LogP contribution in [0.25, 0.3) is 0 Å². The van der Waals surface area contributed by atoms with E-state index in [2.05, 4.69) is 20.4 Å². The van der Waals surface area contributed by atoms with Crippen LogP contribution < -0.4 is 5.32 Å². The Kier molecular flexibility index (Phi) is 4.88. The lowest BCUT2D eigenvalue weighted by molar-refractivity contribution is -0.141. The number of carbonyl (C=O) groups excluding carboxylic acids is 1. The highest BCUT2D eigenvalue weighted by Gasteiger charge is 2.32. The van der Waals surface area contributed by atoms with Crippen molar-refractivity contribution in [2.75, 3.05) is 6.54 Å². The van der Waals surface area contributed by atoms with Crippen LogP contribution in [0.1, 0.15) is 28.9 Å². The summed E-state index contributed by atoms with van der Waals surface area (Å²) in [7, 11) is 0. The van der Waals surface area contributed by atoms with Gasteiger partial charge in [-0.1, -0.05) is 12.1 Å². The molecule has 0 aliphatic carbocycles. The minimum atomic E-state index is -4.48. The fraction of sp³-hybridized carbons (Fsp3) is 0.294. The fourth-order valence-corrected chi connectivity index (χ4v) is 2.39. The molecule has 1 N–H and O–H groups in total. The van der Waals surface area contributed by atoms with E-state index in [4.69, 9.17) is 0 Å². The van der Waals surface area contributed by atoms with E-state index < -0.39 is 17.9 Å². The molecule has 0 saturated carbocycles. The number of halogens is 3. The SMILES string of the molecule is Cc1ccc(C2=NN(C(=O)NCc3ccc(C(F)(F)F)nc3)CC2)nc1. The van der Waals surface area contributed by atoms with Crippen molar-refractivity contribution in [1.82, 2.24) is 20.3 Å².